The summed E-state index contributed by atoms with van der Waals surface area (Å²) in [6.07, 6.45) is -3.30. The molecule has 1 aromatic heterocycles. The zero-order valence-electron chi connectivity index (χ0n) is 14.0. The summed E-state index contributed by atoms with van der Waals surface area (Å²) in [5.41, 5.74) is 0.167. The zero-order chi connectivity index (χ0) is 17.9. The van der Waals surface area contributed by atoms with Crippen LogP contribution >= 0.6 is 0 Å². The number of piperazine rings is 1. The van der Waals surface area contributed by atoms with Crippen molar-refractivity contribution in [3.8, 4) is 11.6 Å². The molecule has 25 heavy (non-hydrogen) atoms. The SMILES string of the molecule is CN1CCN(Cc2ccccc2Oc2cc(C(F)(F)F)ccn2)CC1. The van der Waals surface area contributed by atoms with Crippen LogP contribution in [0.25, 0.3) is 0 Å². The van der Waals surface area contributed by atoms with Crippen molar-refractivity contribution in [3.05, 3.63) is 53.7 Å². The molecule has 4 nitrogen and oxygen atoms in total. The Bertz CT molecular complexity index is 713. The summed E-state index contributed by atoms with van der Waals surface area (Å²) in [6, 6.07) is 9.25. The number of halogens is 3. The number of pyridine rings is 1. The first-order valence-electron chi connectivity index (χ1n) is 8.12. The molecule has 1 saturated heterocycles. The third-order valence-electron chi connectivity index (χ3n) is 4.24. The normalized spacial score (nSPS) is 16.8. The molecule has 2 heterocycles. The van der Waals surface area contributed by atoms with Crippen LogP contribution < -0.4 is 4.74 Å². The molecule has 1 aliphatic heterocycles. The van der Waals surface area contributed by atoms with Gasteiger partial charge in [0.25, 0.3) is 0 Å². The lowest BCUT2D eigenvalue weighted by atomic mass is 10.1. The fraction of sp³-hybridized carbons (Fsp3) is 0.389. The van der Waals surface area contributed by atoms with Gasteiger partial charge < -0.3 is 9.64 Å². The van der Waals surface area contributed by atoms with Gasteiger partial charge in [-0.1, -0.05) is 18.2 Å². The summed E-state index contributed by atoms with van der Waals surface area (Å²) in [5.74, 6) is 0.480. The highest BCUT2D eigenvalue weighted by Gasteiger charge is 2.31. The lowest BCUT2D eigenvalue weighted by Crippen LogP contribution is -2.43. The number of hydrogen-bond acceptors (Lipinski definition) is 4. The molecule has 0 spiro atoms. The Morgan fingerprint density at radius 3 is 2.52 bits per heavy atom. The monoisotopic (exact) mass is 351 g/mol. The van der Waals surface area contributed by atoms with Crippen molar-refractivity contribution < 1.29 is 17.9 Å². The molecule has 0 saturated carbocycles. The zero-order valence-corrected chi connectivity index (χ0v) is 14.0. The Morgan fingerprint density at radius 1 is 1.08 bits per heavy atom. The van der Waals surface area contributed by atoms with Gasteiger partial charge in [0, 0.05) is 50.6 Å². The van der Waals surface area contributed by atoms with Crippen LogP contribution in [-0.2, 0) is 12.7 Å². The molecule has 0 unspecified atom stereocenters. The van der Waals surface area contributed by atoms with Crippen molar-refractivity contribution in [3.63, 3.8) is 0 Å². The van der Waals surface area contributed by atoms with Crippen molar-refractivity contribution in [1.29, 1.82) is 0 Å². The third-order valence-corrected chi connectivity index (χ3v) is 4.24. The summed E-state index contributed by atoms with van der Waals surface area (Å²) in [7, 11) is 2.09. The van der Waals surface area contributed by atoms with E-state index in [0.29, 0.717) is 12.3 Å². The number of para-hydroxylation sites is 1. The van der Waals surface area contributed by atoms with E-state index in [1.165, 1.54) is 0 Å². The van der Waals surface area contributed by atoms with Crippen molar-refractivity contribution in [2.75, 3.05) is 33.2 Å². The smallest absolute Gasteiger partial charge is 0.416 e. The summed E-state index contributed by atoms with van der Waals surface area (Å²) in [6.45, 7) is 4.60. The predicted molar refractivity (Wildman–Crippen MR) is 88.5 cm³/mol. The van der Waals surface area contributed by atoms with E-state index < -0.39 is 11.7 Å². The van der Waals surface area contributed by atoms with Crippen molar-refractivity contribution in [2.24, 2.45) is 0 Å². The largest absolute Gasteiger partial charge is 0.439 e. The highest BCUT2D eigenvalue weighted by atomic mass is 19.4. The molecule has 0 atom stereocenters. The molecule has 0 amide bonds. The second-order valence-electron chi connectivity index (χ2n) is 6.17. The number of rotatable bonds is 4. The molecule has 0 N–H and O–H groups in total. The molecular formula is C18H20F3N3O. The van der Waals surface area contributed by atoms with Gasteiger partial charge in [-0.2, -0.15) is 13.2 Å². The molecule has 2 aromatic rings. The minimum Gasteiger partial charge on any atom is -0.439 e. The van der Waals surface area contributed by atoms with Gasteiger partial charge in [0.1, 0.15) is 5.75 Å². The number of ether oxygens (including phenoxy) is 1. The van der Waals surface area contributed by atoms with Gasteiger partial charge in [0.2, 0.25) is 5.88 Å². The molecule has 0 bridgehead atoms. The van der Waals surface area contributed by atoms with Gasteiger partial charge in [-0.15, -0.1) is 0 Å². The number of alkyl halides is 3. The van der Waals surface area contributed by atoms with Gasteiger partial charge >= 0.3 is 6.18 Å². The first-order valence-corrected chi connectivity index (χ1v) is 8.12. The maximum absolute atomic E-state index is 12.8. The minimum absolute atomic E-state index is 0.0550. The van der Waals surface area contributed by atoms with E-state index in [0.717, 1.165) is 50.1 Å². The first kappa shape index (κ1) is 17.7. The molecular weight excluding hydrogens is 331 g/mol. The Kier molecular flexibility index (Phi) is 5.24. The first-order chi connectivity index (χ1) is 11.9. The molecule has 7 heteroatoms. The standard InChI is InChI=1S/C18H20F3N3O/c1-23-8-10-24(11-9-23)13-14-4-2-3-5-16(14)25-17-12-15(6-7-22-17)18(19,20)21/h2-7,12H,8-11,13H2,1H3. The number of hydrogen-bond donors (Lipinski definition) is 0. The average molecular weight is 351 g/mol. The summed E-state index contributed by atoms with van der Waals surface area (Å²) in [5, 5.41) is 0. The van der Waals surface area contributed by atoms with Crippen LogP contribution in [0.3, 0.4) is 0 Å². The molecule has 1 fully saturated rings. The number of benzene rings is 1. The number of likely N-dealkylation sites (N-methyl/N-ethyl adjacent to an activating group) is 1. The summed E-state index contributed by atoms with van der Waals surface area (Å²) < 4.78 is 44.2. The molecule has 3 rings (SSSR count). The molecule has 1 aromatic carbocycles. The molecule has 0 radical (unpaired) electrons. The maximum atomic E-state index is 12.8. The lowest BCUT2D eigenvalue weighted by molar-refractivity contribution is -0.137. The van der Waals surface area contributed by atoms with Gasteiger partial charge in [-0.05, 0) is 19.2 Å². The van der Waals surface area contributed by atoms with Crippen molar-refractivity contribution >= 4 is 0 Å². The van der Waals surface area contributed by atoms with Crippen LogP contribution in [0, 0.1) is 0 Å². The number of nitrogens with zero attached hydrogens (tertiary/aromatic N) is 3. The molecule has 134 valence electrons. The highest BCUT2D eigenvalue weighted by molar-refractivity contribution is 5.37. The van der Waals surface area contributed by atoms with E-state index in [2.05, 4.69) is 21.8 Å². The topological polar surface area (TPSA) is 28.6 Å². The lowest BCUT2D eigenvalue weighted by Gasteiger charge is -2.32. The fourth-order valence-corrected chi connectivity index (χ4v) is 2.74. The Hall–Kier alpha value is -2.12. The fourth-order valence-electron chi connectivity index (χ4n) is 2.74. The van der Waals surface area contributed by atoms with Crippen LogP contribution in [0.4, 0.5) is 13.2 Å². The Labute approximate surface area is 144 Å². The van der Waals surface area contributed by atoms with E-state index in [9.17, 15) is 13.2 Å². The van der Waals surface area contributed by atoms with Crippen LogP contribution in [0.15, 0.2) is 42.6 Å². The maximum Gasteiger partial charge on any atom is 0.416 e. The third kappa shape index (κ3) is 4.70. The van der Waals surface area contributed by atoms with Gasteiger partial charge in [-0.3, -0.25) is 4.90 Å². The molecule has 0 aliphatic carbocycles. The van der Waals surface area contributed by atoms with Crippen LogP contribution in [0.5, 0.6) is 11.6 Å². The second kappa shape index (κ2) is 7.41. The Morgan fingerprint density at radius 2 is 1.80 bits per heavy atom. The van der Waals surface area contributed by atoms with Gasteiger partial charge in [-0.25, -0.2) is 4.98 Å². The van der Waals surface area contributed by atoms with E-state index >= 15 is 0 Å². The van der Waals surface area contributed by atoms with E-state index in [1.807, 2.05) is 12.1 Å². The summed E-state index contributed by atoms with van der Waals surface area (Å²) >= 11 is 0. The second-order valence-corrected chi connectivity index (χ2v) is 6.17. The predicted octanol–water partition coefficient (Wildman–Crippen LogP) is 3.64. The van der Waals surface area contributed by atoms with Crippen molar-refractivity contribution in [1.82, 2.24) is 14.8 Å². The van der Waals surface area contributed by atoms with E-state index in [-0.39, 0.29) is 5.88 Å². The highest BCUT2D eigenvalue weighted by Crippen LogP contribution is 2.32. The number of aromatic nitrogens is 1. The summed E-state index contributed by atoms with van der Waals surface area (Å²) in [4.78, 5) is 8.48. The van der Waals surface area contributed by atoms with Crippen LogP contribution in [0.2, 0.25) is 0 Å². The van der Waals surface area contributed by atoms with Crippen LogP contribution in [-0.4, -0.2) is 48.0 Å². The quantitative estimate of drug-likeness (QED) is 0.841. The van der Waals surface area contributed by atoms with Crippen molar-refractivity contribution in [2.45, 2.75) is 12.7 Å². The Balaban J connectivity index is 1.75. The average Bonchev–Trinajstić information content (AvgIpc) is 2.58. The molecule has 1 aliphatic rings. The van der Waals surface area contributed by atoms with E-state index in [4.69, 9.17) is 4.74 Å². The minimum atomic E-state index is -4.42. The van der Waals surface area contributed by atoms with E-state index in [1.54, 1.807) is 12.1 Å². The van der Waals surface area contributed by atoms with Gasteiger partial charge in [0.15, 0.2) is 0 Å². The van der Waals surface area contributed by atoms with Crippen LogP contribution in [0.1, 0.15) is 11.1 Å². The van der Waals surface area contributed by atoms with Gasteiger partial charge in [0.05, 0.1) is 5.56 Å².